The molecule has 140 valence electrons. The number of rotatable bonds is 3. The van der Waals surface area contributed by atoms with Crippen LogP contribution in [-0.2, 0) is 11.3 Å². The van der Waals surface area contributed by atoms with Gasteiger partial charge in [-0.2, -0.15) is 0 Å². The van der Waals surface area contributed by atoms with E-state index in [0.717, 1.165) is 18.9 Å². The molecule has 1 aromatic heterocycles. The van der Waals surface area contributed by atoms with E-state index in [1.54, 1.807) is 25.7 Å². The molecule has 1 atom stereocenters. The summed E-state index contributed by atoms with van der Waals surface area (Å²) in [5.74, 6) is -2.23. The van der Waals surface area contributed by atoms with E-state index in [2.05, 4.69) is 10.3 Å². The van der Waals surface area contributed by atoms with Gasteiger partial charge in [0.15, 0.2) is 0 Å². The Labute approximate surface area is 149 Å². The van der Waals surface area contributed by atoms with E-state index < -0.39 is 29.0 Å². The minimum absolute atomic E-state index is 0.119. The summed E-state index contributed by atoms with van der Waals surface area (Å²) in [6.45, 7) is 6.15. The number of ether oxygens (including phenoxy) is 1. The molecule has 0 bridgehead atoms. The summed E-state index contributed by atoms with van der Waals surface area (Å²) in [7, 11) is 0. The number of aromatic carboxylic acids is 1. The van der Waals surface area contributed by atoms with Crippen LogP contribution < -0.4 is 0 Å². The van der Waals surface area contributed by atoms with Crippen molar-refractivity contribution in [3.05, 3.63) is 23.5 Å². The maximum atomic E-state index is 14.0. The van der Waals surface area contributed by atoms with E-state index >= 15 is 0 Å². The number of fused-ring (bicyclic) bond motifs is 1. The first-order valence-electron chi connectivity index (χ1n) is 8.42. The third-order valence-corrected chi connectivity index (χ3v) is 4.23. The molecule has 1 fully saturated rings. The van der Waals surface area contributed by atoms with E-state index in [0.29, 0.717) is 12.1 Å². The van der Waals surface area contributed by atoms with Gasteiger partial charge in [-0.15, -0.1) is 5.10 Å². The zero-order chi connectivity index (χ0) is 19.1. The molecule has 1 N–H and O–H groups in total. The van der Waals surface area contributed by atoms with E-state index in [9.17, 15) is 19.1 Å². The van der Waals surface area contributed by atoms with Crippen LogP contribution in [0.2, 0.25) is 0 Å². The lowest BCUT2D eigenvalue weighted by Gasteiger charge is -2.28. The van der Waals surface area contributed by atoms with Crippen molar-refractivity contribution in [1.82, 2.24) is 19.9 Å². The lowest BCUT2D eigenvalue weighted by Crippen LogP contribution is -2.41. The van der Waals surface area contributed by atoms with Crippen LogP contribution in [0.1, 0.15) is 44.0 Å². The van der Waals surface area contributed by atoms with Crippen molar-refractivity contribution in [1.29, 1.82) is 0 Å². The molecule has 1 aliphatic rings. The lowest BCUT2D eigenvalue weighted by molar-refractivity contribution is 0.0211. The molecular formula is C17H21FN4O4. The van der Waals surface area contributed by atoms with Gasteiger partial charge < -0.3 is 14.7 Å². The van der Waals surface area contributed by atoms with Crippen LogP contribution in [-0.4, -0.2) is 55.3 Å². The van der Waals surface area contributed by atoms with Gasteiger partial charge in [-0.1, -0.05) is 5.21 Å². The number of hydrogen-bond donors (Lipinski definition) is 1. The van der Waals surface area contributed by atoms with Crippen LogP contribution in [0, 0.1) is 5.82 Å². The highest BCUT2D eigenvalue weighted by Crippen LogP contribution is 2.25. The number of nitrogens with zero attached hydrogens (tertiary/aromatic N) is 4. The molecule has 1 aliphatic heterocycles. The van der Waals surface area contributed by atoms with Crippen molar-refractivity contribution in [2.24, 2.45) is 0 Å². The predicted octanol–water partition coefficient (Wildman–Crippen LogP) is 2.67. The van der Waals surface area contributed by atoms with Crippen molar-refractivity contribution in [3.63, 3.8) is 0 Å². The molecule has 1 saturated heterocycles. The maximum Gasteiger partial charge on any atom is 0.410 e. The second-order valence-electron chi connectivity index (χ2n) is 7.34. The first kappa shape index (κ1) is 18.1. The molecule has 0 saturated carbocycles. The number of carboxylic acids is 1. The standard InChI is InChI=1S/C17H21FN4O4/c1-17(2,3)26-16(25)21-8-4-5-10(21)9-22-14-12(19-20-22)7-6-11(18)13(14)15(23)24/h6-7,10H,4-5,8-9H2,1-3H3,(H,23,24). The fraction of sp³-hybridized carbons (Fsp3) is 0.529. The largest absolute Gasteiger partial charge is 0.478 e. The second-order valence-corrected chi connectivity index (χ2v) is 7.34. The summed E-state index contributed by atoms with van der Waals surface area (Å²) in [5.41, 5.74) is -0.655. The third-order valence-electron chi connectivity index (χ3n) is 4.23. The summed E-state index contributed by atoms with van der Waals surface area (Å²) in [5, 5.41) is 17.2. The fourth-order valence-electron chi connectivity index (χ4n) is 3.16. The van der Waals surface area contributed by atoms with E-state index in [1.807, 2.05) is 0 Å². The molecule has 1 aromatic carbocycles. The highest BCUT2D eigenvalue weighted by atomic mass is 19.1. The quantitative estimate of drug-likeness (QED) is 0.899. The monoisotopic (exact) mass is 364 g/mol. The van der Waals surface area contributed by atoms with Gasteiger partial charge >= 0.3 is 12.1 Å². The first-order valence-corrected chi connectivity index (χ1v) is 8.42. The Balaban J connectivity index is 1.90. The average molecular weight is 364 g/mol. The van der Waals surface area contributed by atoms with Crippen LogP contribution in [0.5, 0.6) is 0 Å². The Hall–Kier alpha value is -2.71. The number of carbonyl (C=O) groups excluding carboxylic acids is 1. The van der Waals surface area contributed by atoms with Crippen molar-refractivity contribution in [2.45, 2.75) is 51.8 Å². The molecular weight excluding hydrogens is 343 g/mol. The van der Waals surface area contributed by atoms with Crippen molar-refractivity contribution in [2.75, 3.05) is 6.54 Å². The first-order chi connectivity index (χ1) is 12.2. The predicted molar refractivity (Wildman–Crippen MR) is 90.4 cm³/mol. The molecule has 0 radical (unpaired) electrons. The van der Waals surface area contributed by atoms with Gasteiger partial charge in [0.05, 0.1) is 12.6 Å². The SMILES string of the molecule is CC(C)(C)OC(=O)N1CCCC1Cn1nnc2ccc(F)c(C(=O)O)c21. The highest BCUT2D eigenvalue weighted by Gasteiger charge is 2.33. The van der Waals surface area contributed by atoms with Crippen LogP contribution in [0.15, 0.2) is 12.1 Å². The minimum atomic E-state index is -1.38. The Morgan fingerprint density at radius 1 is 1.38 bits per heavy atom. The molecule has 1 amide bonds. The summed E-state index contributed by atoms with van der Waals surface area (Å²) in [6.07, 6.45) is 1.10. The number of carboxylic acid groups (broad SMARTS) is 1. The molecule has 3 rings (SSSR count). The van der Waals surface area contributed by atoms with Crippen molar-refractivity contribution in [3.8, 4) is 0 Å². The summed E-state index contributed by atoms with van der Waals surface area (Å²) in [6, 6.07) is 2.23. The number of hydrogen-bond acceptors (Lipinski definition) is 5. The molecule has 9 heteroatoms. The van der Waals surface area contributed by atoms with Gasteiger partial charge in [-0.3, -0.25) is 0 Å². The number of aromatic nitrogens is 3. The summed E-state index contributed by atoms with van der Waals surface area (Å²) in [4.78, 5) is 25.5. The van der Waals surface area contributed by atoms with Gasteiger partial charge in [0.1, 0.15) is 28.0 Å². The Morgan fingerprint density at radius 2 is 2.12 bits per heavy atom. The minimum Gasteiger partial charge on any atom is -0.478 e. The van der Waals surface area contributed by atoms with Crippen LogP contribution in [0.4, 0.5) is 9.18 Å². The molecule has 2 heterocycles. The second kappa shape index (κ2) is 6.54. The average Bonchev–Trinajstić information content (AvgIpc) is 3.13. The van der Waals surface area contributed by atoms with Gasteiger partial charge in [-0.05, 0) is 45.7 Å². The van der Waals surface area contributed by atoms with Crippen molar-refractivity contribution < 1.29 is 23.8 Å². The summed E-state index contributed by atoms with van der Waals surface area (Å²) < 4.78 is 20.8. The summed E-state index contributed by atoms with van der Waals surface area (Å²) >= 11 is 0. The van der Waals surface area contributed by atoms with E-state index in [4.69, 9.17) is 4.74 Å². The number of benzene rings is 1. The molecule has 8 nitrogen and oxygen atoms in total. The number of amides is 1. The normalized spacial score (nSPS) is 17.7. The van der Waals surface area contributed by atoms with Gasteiger partial charge in [-0.25, -0.2) is 18.7 Å². The van der Waals surface area contributed by atoms with Crippen LogP contribution >= 0.6 is 0 Å². The van der Waals surface area contributed by atoms with Gasteiger partial charge in [0, 0.05) is 6.54 Å². The Bertz CT molecular complexity index is 858. The molecule has 1 unspecified atom stereocenters. The lowest BCUT2D eigenvalue weighted by atomic mass is 10.1. The highest BCUT2D eigenvalue weighted by molar-refractivity contribution is 6.01. The smallest absolute Gasteiger partial charge is 0.410 e. The molecule has 2 aromatic rings. The number of halogens is 1. The van der Waals surface area contributed by atoms with E-state index in [-0.39, 0.29) is 18.1 Å². The fourth-order valence-corrected chi connectivity index (χ4v) is 3.16. The Kier molecular flexibility index (Phi) is 4.55. The molecule has 0 spiro atoms. The number of likely N-dealkylation sites (tertiary alicyclic amines) is 1. The topological polar surface area (TPSA) is 97.5 Å². The molecule has 0 aliphatic carbocycles. The Morgan fingerprint density at radius 3 is 2.77 bits per heavy atom. The number of carbonyl (C=O) groups is 2. The van der Waals surface area contributed by atoms with Gasteiger partial charge in [0.25, 0.3) is 0 Å². The third kappa shape index (κ3) is 3.47. The van der Waals surface area contributed by atoms with E-state index in [1.165, 1.54) is 10.7 Å². The maximum absolute atomic E-state index is 14.0. The van der Waals surface area contributed by atoms with Gasteiger partial charge in [0.2, 0.25) is 0 Å². The van der Waals surface area contributed by atoms with Crippen molar-refractivity contribution >= 4 is 23.1 Å². The zero-order valence-electron chi connectivity index (χ0n) is 14.9. The molecule has 26 heavy (non-hydrogen) atoms. The van der Waals surface area contributed by atoms with Crippen LogP contribution in [0.25, 0.3) is 11.0 Å². The van der Waals surface area contributed by atoms with Crippen LogP contribution in [0.3, 0.4) is 0 Å². The zero-order valence-corrected chi connectivity index (χ0v) is 14.9.